The third-order valence-electron chi connectivity index (χ3n) is 2.24. The lowest BCUT2D eigenvalue weighted by Crippen LogP contribution is -2.47. The molecule has 0 saturated carbocycles. The lowest BCUT2D eigenvalue weighted by Gasteiger charge is -2.29. The highest BCUT2D eigenvalue weighted by molar-refractivity contribution is 4.65. The monoisotopic (exact) mass is 188 g/mol. The molecule has 1 atom stereocenters. The summed E-state index contributed by atoms with van der Waals surface area (Å²) in [6.07, 6.45) is 3.38. The summed E-state index contributed by atoms with van der Waals surface area (Å²) in [6, 6.07) is 0.270. The molecule has 0 amide bonds. The summed E-state index contributed by atoms with van der Waals surface area (Å²) in [5, 5.41) is 11.3. The molecule has 0 fully saturated rings. The van der Waals surface area contributed by atoms with Crippen LogP contribution in [0, 0.1) is 0 Å². The molecule has 0 spiro atoms. The van der Waals surface area contributed by atoms with Crippen LogP contribution in [0.15, 0.2) is 0 Å². The average molecular weight is 188 g/mol. The first-order valence-corrected chi connectivity index (χ1v) is 5.41. The van der Waals surface area contributed by atoms with Gasteiger partial charge in [-0.1, -0.05) is 27.2 Å². The standard InChI is InChI=1S/C10H24N2O/c1-4-7-8-12(11-6-3)10(5-2)9-13/h10-11,13H,4-9H2,1-3H3. The molecule has 0 aromatic rings. The van der Waals surface area contributed by atoms with Crippen molar-refractivity contribution in [3.63, 3.8) is 0 Å². The second kappa shape index (κ2) is 8.48. The summed E-state index contributed by atoms with van der Waals surface area (Å²) in [6.45, 7) is 8.58. The smallest absolute Gasteiger partial charge is 0.0600 e. The maximum atomic E-state index is 9.14. The molecule has 0 bridgehead atoms. The highest BCUT2D eigenvalue weighted by atomic mass is 16.3. The second-order valence-corrected chi connectivity index (χ2v) is 3.30. The minimum atomic E-state index is 0.243. The molecular weight excluding hydrogens is 164 g/mol. The van der Waals surface area contributed by atoms with Crippen molar-refractivity contribution < 1.29 is 5.11 Å². The van der Waals surface area contributed by atoms with E-state index in [9.17, 15) is 0 Å². The van der Waals surface area contributed by atoms with Crippen molar-refractivity contribution in [2.45, 2.75) is 46.1 Å². The maximum Gasteiger partial charge on any atom is 0.0600 e. The molecule has 3 nitrogen and oxygen atoms in total. The van der Waals surface area contributed by atoms with Gasteiger partial charge in [-0.2, -0.15) is 0 Å². The molecule has 0 aliphatic carbocycles. The fraction of sp³-hybridized carbons (Fsp3) is 1.00. The molecule has 0 aliphatic heterocycles. The van der Waals surface area contributed by atoms with E-state index in [2.05, 4.69) is 31.2 Å². The molecule has 1 unspecified atom stereocenters. The van der Waals surface area contributed by atoms with Gasteiger partial charge in [-0.15, -0.1) is 0 Å². The Morgan fingerprint density at radius 1 is 1.31 bits per heavy atom. The van der Waals surface area contributed by atoms with Crippen molar-refractivity contribution >= 4 is 0 Å². The Hall–Kier alpha value is -0.120. The van der Waals surface area contributed by atoms with E-state index in [0.29, 0.717) is 0 Å². The molecule has 0 rings (SSSR count). The van der Waals surface area contributed by atoms with Gasteiger partial charge in [0.1, 0.15) is 0 Å². The summed E-state index contributed by atoms with van der Waals surface area (Å²) in [4.78, 5) is 0. The second-order valence-electron chi connectivity index (χ2n) is 3.30. The van der Waals surface area contributed by atoms with Gasteiger partial charge >= 0.3 is 0 Å². The number of aliphatic hydroxyl groups is 1. The highest BCUT2D eigenvalue weighted by Crippen LogP contribution is 2.02. The van der Waals surface area contributed by atoms with Crippen molar-refractivity contribution in [3.8, 4) is 0 Å². The van der Waals surface area contributed by atoms with Crippen molar-refractivity contribution in [1.82, 2.24) is 10.4 Å². The van der Waals surface area contributed by atoms with Crippen molar-refractivity contribution in [3.05, 3.63) is 0 Å². The Morgan fingerprint density at radius 2 is 2.00 bits per heavy atom. The van der Waals surface area contributed by atoms with Crippen LogP contribution in [-0.4, -0.2) is 35.9 Å². The van der Waals surface area contributed by atoms with Gasteiger partial charge in [0.05, 0.1) is 6.61 Å². The number of aliphatic hydroxyl groups excluding tert-OH is 1. The van der Waals surface area contributed by atoms with Gasteiger partial charge < -0.3 is 5.11 Å². The topological polar surface area (TPSA) is 35.5 Å². The van der Waals surface area contributed by atoms with Crippen LogP contribution < -0.4 is 5.43 Å². The lowest BCUT2D eigenvalue weighted by molar-refractivity contribution is 0.0731. The van der Waals surface area contributed by atoms with Gasteiger partial charge in [0.15, 0.2) is 0 Å². The van der Waals surface area contributed by atoms with Crippen LogP contribution in [0.4, 0.5) is 0 Å². The first kappa shape index (κ1) is 12.9. The zero-order valence-corrected chi connectivity index (χ0v) is 9.21. The number of nitrogens with zero attached hydrogens (tertiary/aromatic N) is 1. The Labute approximate surface area is 82.1 Å². The molecule has 0 aliphatic rings. The van der Waals surface area contributed by atoms with Crippen molar-refractivity contribution in [1.29, 1.82) is 0 Å². The van der Waals surface area contributed by atoms with E-state index < -0.39 is 0 Å². The first-order valence-electron chi connectivity index (χ1n) is 5.41. The van der Waals surface area contributed by atoms with Gasteiger partial charge in [0, 0.05) is 19.1 Å². The third-order valence-corrected chi connectivity index (χ3v) is 2.24. The minimum Gasteiger partial charge on any atom is -0.395 e. The van der Waals surface area contributed by atoms with Crippen LogP contribution in [0.5, 0.6) is 0 Å². The summed E-state index contributed by atoms with van der Waals surface area (Å²) < 4.78 is 0. The maximum absolute atomic E-state index is 9.14. The molecule has 3 heteroatoms. The number of hydrogen-bond donors (Lipinski definition) is 2. The van der Waals surface area contributed by atoms with Gasteiger partial charge in [0.2, 0.25) is 0 Å². The van der Waals surface area contributed by atoms with Crippen LogP contribution in [0.25, 0.3) is 0 Å². The zero-order valence-electron chi connectivity index (χ0n) is 9.21. The number of nitrogens with one attached hydrogen (secondary N) is 1. The molecule has 0 radical (unpaired) electrons. The van der Waals surface area contributed by atoms with Crippen molar-refractivity contribution in [2.24, 2.45) is 0 Å². The average Bonchev–Trinajstić information content (AvgIpc) is 2.16. The molecule has 0 heterocycles. The Bertz CT molecular complexity index is 105. The molecule has 0 aromatic carbocycles. The van der Waals surface area contributed by atoms with Gasteiger partial charge in [0.25, 0.3) is 0 Å². The van der Waals surface area contributed by atoms with Crippen LogP contribution in [0.2, 0.25) is 0 Å². The number of hydrazine groups is 1. The Morgan fingerprint density at radius 3 is 2.38 bits per heavy atom. The molecule has 0 aromatic heterocycles. The SMILES string of the molecule is CCCCN(NCC)C(CC)CO. The molecule has 2 N–H and O–H groups in total. The molecular formula is C10H24N2O. The van der Waals surface area contributed by atoms with E-state index in [-0.39, 0.29) is 12.6 Å². The van der Waals surface area contributed by atoms with E-state index in [1.807, 2.05) is 0 Å². The largest absolute Gasteiger partial charge is 0.395 e. The molecule has 0 saturated heterocycles. The van der Waals surface area contributed by atoms with Crippen molar-refractivity contribution in [2.75, 3.05) is 19.7 Å². The van der Waals surface area contributed by atoms with Gasteiger partial charge in [-0.25, -0.2) is 5.01 Å². The van der Waals surface area contributed by atoms with Crippen LogP contribution in [0.1, 0.15) is 40.0 Å². The Balaban J connectivity index is 3.88. The minimum absolute atomic E-state index is 0.243. The van der Waals surface area contributed by atoms with E-state index in [4.69, 9.17) is 5.11 Å². The molecule has 80 valence electrons. The summed E-state index contributed by atoms with van der Waals surface area (Å²) >= 11 is 0. The summed E-state index contributed by atoms with van der Waals surface area (Å²) in [5.41, 5.74) is 3.29. The zero-order chi connectivity index (χ0) is 10.1. The lowest BCUT2D eigenvalue weighted by atomic mass is 10.2. The van der Waals surface area contributed by atoms with E-state index >= 15 is 0 Å². The third kappa shape index (κ3) is 5.24. The van der Waals surface area contributed by atoms with E-state index in [1.165, 1.54) is 12.8 Å². The van der Waals surface area contributed by atoms with Crippen LogP contribution in [-0.2, 0) is 0 Å². The number of rotatable bonds is 8. The summed E-state index contributed by atoms with van der Waals surface area (Å²) in [5.74, 6) is 0. The van der Waals surface area contributed by atoms with Crippen LogP contribution in [0.3, 0.4) is 0 Å². The fourth-order valence-corrected chi connectivity index (χ4v) is 1.37. The fourth-order valence-electron chi connectivity index (χ4n) is 1.37. The quantitative estimate of drug-likeness (QED) is 0.565. The van der Waals surface area contributed by atoms with Gasteiger partial charge in [-0.05, 0) is 12.8 Å². The van der Waals surface area contributed by atoms with E-state index in [0.717, 1.165) is 19.5 Å². The number of hydrogen-bond acceptors (Lipinski definition) is 3. The van der Waals surface area contributed by atoms with E-state index in [1.54, 1.807) is 0 Å². The van der Waals surface area contributed by atoms with Crippen LogP contribution >= 0.6 is 0 Å². The predicted molar refractivity (Wildman–Crippen MR) is 56.5 cm³/mol. The number of unbranched alkanes of at least 4 members (excludes halogenated alkanes) is 1. The summed E-state index contributed by atoms with van der Waals surface area (Å²) in [7, 11) is 0. The predicted octanol–water partition coefficient (Wildman–Crippen LogP) is 1.38. The first-order chi connectivity index (χ1) is 6.29. The Kier molecular flexibility index (Phi) is 8.40. The normalized spacial score (nSPS) is 13.6. The molecule has 13 heavy (non-hydrogen) atoms. The highest BCUT2D eigenvalue weighted by Gasteiger charge is 2.13. The van der Waals surface area contributed by atoms with Gasteiger partial charge in [-0.3, -0.25) is 5.43 Å².